The Balaban J connectivity index is 1.46. The van der Waals surface area contributed by atoms with Crippen LogP contribution >= 0.6 is 0 Å². The van der Waals surface area contributed by atoms with Gasteiger partial charge in [-0.15, -0.1) is 0 Å². The van der Waals surface area contributed by atoms with Crippen molar-refractivity contribution in [2.45, 2.75) is 25.7 Å². The zero-order valence-electron chi connectivity index (χ0n) is 13.9. The van der Waals surface area contributed by atoms with Crippen molar-refractivity contribution in [3.05, 3.63) is 24.3 Å². The number of rotatable bonds is 5. The Morgan fingerprint density at radius 1 is 1.12 bits per heavy atom. The van der Waals surface area contributed by atoms with Crippen LogP contribution in [-0.2, 0) is 9.59 Å². The number of carbonyl (C=O) groups is 2. The molecule has 0 aromatic heterocycles. The second-order valence-corrected chi connectivity index (χ2v) is 6.81. The molecule has 1 amide bonds. The Labute approximate surface area is 142 Å². The first kappa shape index (κ1) is 16.8. The molecule has 2 fully saturated rings. The molecule has 0 saturated carbocycles. The van der Waals surface area contributed by atoms with Crippen molar-refractivity contribution in [2.75, 3.05) is 42.9 Å². The quantitative estimate of drug-likeness (QED) is 0.746. The number of nitrogens with one attached hydrogen (secondary N) is 2. The fourth-order valence-electron chi connectivity index (χ4n) is 3.60. The Hall–Kier alpha value is -2.08. The van der Waals surface area contributed by atoms with E-state index in [0.717, 1.165) is 23.7 Å². The van der Waals surface area contributed by atoms with Gasteiger partial charge in [-0.05, 0) is 37.1 Å². The number of nitrogens with zero attached hydrogens (tertiary/aromatic N) is 1. The number of benzene rings is 1. The maximum Gasteiger partial charge on any atom is 0.279 e. The summed E-state index contributed by atoms with van der Waals surface area (Å²) in [6.45, 7) is 4.02. The second-order valence-electron chi connectivity index (χ2n) is 6.81. The molecule has 0 spiro atoms. The van der Waals surface area contributed by atoms with Crippen LogP contribution in [0.25, 0.3) is 0 Å². The highest BCUT2D eigenvalue weighted by Gasteiger charge is 2.24. The molecule has 2 aliphatic rings. The van der Waals surface area contributed by atoms with E-state index >= 15 is 0 Å². The van der Waals surface area contributed by atoms with E-state index in [1.54, 1.807) is 0 Å². The number of quaternary nitrogens is 1. The minimum atomic E-state index is -0.961. The van der Waals surface area contributed by atoms with Crippen molar-refractivity contribution in [3.63, 3.8) is 0 Å². The van der Waals surface area contributed by atoms with E-state index in [4.69, 9.17) is 0 Å². The van der Waals surface area contributed by atoms with Crippen LogP contribution in [0.2, 0.25) is 0 Å². The molecule has 6 heteroatoms. The minimum absolute atomic E-state index is 0.0224. The van der Waals surface area contributed by atoms with Crippen molar-refractivity contribution in [1.29, 1.82) is 0 Å². The summed E-state index contributed by atoms with van der Waals surface area (Å²) in [5, 5.41) is 13.8. The molecule has 3 rings (SSSR count). The number of aliphatic carboxylic acids is 1. The number of carbonyl (C=O) groups excluding carboxylic acids is 2. The summed E-state index contributed by atoms with van der Waals surface area (Å²) in [5.41, 5.74) is 2.02. The van der Waals surface area contributed by atoms with Gasteiger partial charge in [-0.2, -0.15) is 0 Å². The highest BCUT2D eigenvalue weighted by atomic mass is 16.4. The zero-order chi connectivity index (χ0) is 16.9. The topological polar surface area (TPSA) is 76.9 Å². The first-order valence-corrected chi connectivity index (χ1v) is 8.81. The molecule has 130 valence electrons. The second kappa shape index (κ2) is 7.66. The van der Waals surface area contributed by atoms with E-state index in [2.05, 4.69) is 22.3 Å². The fourth-order valence-corrected chi connectivity index (χ4v) is 3.60. The van der Waals surface area contributed by atoms with E-state index in [1.807, 2.05) is 12.1 Å². The summed E-state index contributed by atoms with van der Waals surface area (Å²) in [7, 11) is 0. The van der Waals surface area contributed by atoms with Gasteiger partial charge in [0.25, 0.3) is 5.91 Å². The van der Waals surface area contributed by atoms with Gasteiger partial charge in [0.15, 0.2) is 6.54 Å². The molecule has 6 nitrogen and oxygen atoms in total. The largest absolute Gasteiger partial charge is 0.550 e. The fraction of sp³-hybridized carbons (Fsp3) is 0.556. The molecule has 0 atom stereocenters. The maximum atomic E-state index is 12.2. The third kappa shape index (κ3) is 4.26. The molecule has 0 radical (unpaired) electrons. The number of carboxylic acids is 1. The Kier molecular flexibility index (Phi) is 5.35. The van der Waals surface area contributed by atoms with E-state index < -0.39 is 5.97 Å². The van der Waals surface area contributed by atoms with Crippen LogP contribution in [0.4, 0.5) is 11.4 Å². The average Bonchev–Trinajstić information content (AvgIpc) is 3.10. The number of hydrogen-bond donors (Lipinski definition) is 2. The standard InChI is InChI=1S/C18H25N3O3/c22-17(13-20-11-7-14(8-12-20)18(23)24)19-15-3-5-16(6-4-15)21-9-1-2-10-21/h3-6,14H,1-2,7-13H2,(H,19,22)(H,23,24). The van der Waals surface area contributed by atoms with Gasteiger partial charge in [-0.25, -0.2) is 0 Å². The van der Waals surface area contributed by atoms with E-state index in [-0.39, 0.29) is 11.8 Å². The van der Waals surface area contributed by atoms with Gasteiger partial charge >= 0.3 is 0 Å². The third-order valence-electron chi connectivity index (χ3n) is 5.06. The third-order valence-corrected chi connectivity index (χ3v) is 5.06. The molecule has 2 N–H and O–H groups in total. The normalized spacial score (nSPS) is 23.9. The van der Waals surface area contributed by atoms with Crippen LogP contribution in [0.5, 0.6) is 0 Å². The van der Waals surface area contributed by atoms with Gasteiger partial charge in [0.1, 0.15) is 0 Å². The lowest BCUT2D eigenvalue weighted by Gasteiger charge is -2.29. The molecular weight excluding hydrogens is 306 g/mol. The van der Waals surface area contributed by atoms with Crippen molar-refractivity contribution in [3.8, 4) is 0 Å². The lowest BCUT2D eigenvalue weighted by atomic mass is 9.97. The smallest absolute Gasteiger partial charge is 0.279 e. The number of hydrogen-bond acceptors (Lipinski definition) is 4. The molecule has 1 aromatic rings. The lowest BCUT2D eigenvalue weighted by molar-refractivity contribution is -0.897. The van der Waals surface area contributed by atoms with Crippen LogP contribution in [0.1, 0.15) is 25.7 Å². The summed E-state index contributed by atoms with van der Waals surface area (Å²) in [5.74, 6) is -1.34. The maximum absolute atomic E-state index is 12.2. The van der Waals surface area contributed by atoms with Gasteiger partial charge in [-0.1, -0.05) is 0 Å². The number of amides is 1. The molecule has 24 heavy (non-hydrogen) atoms. The Morgan fingerprint density at radius 2 is 1.75 bits per heavy atom. The van der Waals surface area contributed by atoms with E-state index in [9.17, 15) is 14.7 Å². The SMILES string of the molecule is O=C(C[NH+]1CCC(C(=O)[O-])CC1)Nc1ccc(N2CCCC2)cc1. The first-order valence-electron chi connectivity index (χ1n) is 8.81. The number of likely N-dealkylation sites (tertiary alicyclic amines) is 1. The van der Waals surface area contributed by atoms with Gasteiger partial charge in [0, 0.05) is 49.2 Å². The lowest BCUT2D eigenvalue weighted by Crippen LogP contribution is -3.14. The van der Waals surface area contributed by atoms with Crippen LogP contribution in [0.3, 0.4) is 0 Å². The molecule has 0 unspecified atom stereocenters. The Bertz CT molecular complexity index is 574. The highest BCUT2D eigenvalue weighted by Crippen LogP contribution is 2.21. The van der Waals surface area contributed by atoms with Gasteiger partial charge in [0.2, 0.25) is 0 Å². The van der Waals surface area contributed by atoms with Gasteiger partial charge in [0.05, 0.1) is 13.1 Å². The molecule has 2 heterocycles. The average molecular weight is 331 g/mol. The minimum Gasteiger partial charge on any atom is -0.550 e. The van der Waals surface area contributed by atoms with Crippen LogP contribution < -0.4 is 20.2 Å². The Morgan fingerprint density at radius 3 is 2.33 bits per heavy atom. The summed E-state index contributed by atoms with van der Waals surface area (Å²) in [6.07, 6.45) is 3.68. The van der Waals surface area contributed by atoms with Crippen LogP contribution in [0.15, 0.2) is 24.3 Å². The number of carboxylic acid groups (broad SMARTS) is 1. The predicted molar refractivity (Wildman–Crippen MR) is 89.8 cm³/mol. The highest BCUT2D eigenvalue weighted by molar-refractivity contribution is 5.91. The van der Waals surface area contributed by atoms with Crippen molar-refractivity contribution in [2.24, 2.45) is 5.92 Å². The monoisotopic (exact) mass is 331 g/mol. The first-order chi connectivity index (χ1) is 11.6. The van der Waals surface area contributed by atoms with Gasteiger partial charge < -0.3 is 25.0 Å². The van der Waals surface area contributed by atoms with E-state index in [1.165, 1.54) is 18.5 Å². The van der Waals surface area contributed by atoms with Crippen LogP contribution in [-0.4, -0.2) is 44.6 Å². The van der Waals surface area contributed by atoms with E-state index in [0.29, 0.717) is 32.5 Å². The predicted octanol–water partition coefficient (Wildman–Crippen LogP) is -0.730. The summed E-state index contributed by atoms with van der Waals surface area (Å²) in [4.78, 5) is 26.5. The molecule has 0 bridgehead atoms. The number of anilines is 2. The number of piperidine rings is 1. The molecule has 1 aromatic carbocycles. The summed E-state index contributed by atoms with van der Waals surface area (Å²) >= 11 is 0. The molecular formula is C18H25N3O3. The molecule has 2 saturated heterocycles. The van der Waals surface area contributed by atoms with Crippen molar-refractivity contribution >= 4 is 23.3 Å². The zero-order valence-corrected chi connectivity index (χ0v) is 13.9. The van der Waals surface area contributed by atoms with Crippen molar-refractivity contribution < 1.29 is 19.6 Å². The van der Waals surface area contributed by atoms with Crippen LogP contribution in [0, 0.1) is 5.92 Å². The molecule has 2 aliphatic heterocycles. The van der Waals surface area contributed by atoms with Crippen molar-refractivity contribution in [1.82, 2.24) is 0 Å². The summed E-state index contributed by atoms with van der Waals surface area (Å²) < 4.78 is 0. The summed E-state index contributed by atoms with van der Waals surface area (Å²) in [6, 6.07) is 8.00. The van der Waals surface area contributed by atoms with Gasteiger partial charge in [-0.3, -0.25) is 4.79 Å². The molecule has 0 aliphatic carbocycles.